The van der Waals surface area contributed by atoms with E-state index in [9.17, 15) is 23.3 Å². The molecule has 10 heteroatoms. The topological polar surface area (TPSA) is 113 Å². The van der Waals surface area contributed by atoms with Crippen LogP contribution in [0.5, 0.6) is 0 Å². The Hall–Kier alpha value is -2.82. The number of piperazine rings is 1. The summed E-state index contributed by atoms with van der Waals surface area (Å²) in [6.45, 7) is 2.19. The Morgan fingerprint density at radius 3 is 2.25 bits per heavy atom. The van der Waals surface area contributed by atoms with Crippen LogP contribution in [-0.2, 0) is 10.0 Å². The number of amides is 1. The van der Waals surface area contributed by atoms with Gasteiger partial charge in [0.05, 0.1) is 9.82 Å². The number of carbonyl (C=O) groups is 1. The van der Waals surface area contributed by atoms with Crippen molar-refractivity contribution >= 4 is 27.3 Å². The molecule has 2 aromatic carbocycles. The van der Waals surface area contributed by atoms with Gasteiger partial charge in [0.15, 0.2) is 0 Å². The number of rotatable bonds is 5. The maximum Gasteiger partial charge on any atom is 0.282 e. The van der Waals surface area contributed by atoms with E-state index in [1.165, 1.54) is 52.8 Å². The van der Waals surface area contributed by atoms with Crippen molar-refractivity contribution in [2.75, 3.05) is 38.5 Å². The number of hydrogen-bond acceptors (Lipinski definition) is 6. The lowest BCUT2D eigenvalue weighted by Crippen LogP contribution is -2.46. The van der Waals surface area contributed by atoms with Crippen LogP contribution in [0, 0.1) is 10.1 Å². The zero-order valence-electron chi connectivity index (χ0n) is 15.2. The summed E-state index contributed by atoms with van der Waals surface area (Å²) in [6, 6.07) is 11.4. The predicted octanol–water partition coefficient (Wildman–Crippen LogP) is 1.78. The summed E-state index contributed by atoms with van der Waals surface area (Å²) < 4.78 is 26.9. The Balaban J connectivity index is 1.75. The summed E-state index contributed by atoms with van der Waals surface area (Å²) in [4.78, 5) is 25.0. The third-order valence-corrected chi connectivity index (χ3v) is 6.47. The van der Waals surface area contributed by atoms with Crippen molar-refractivity contribution in [3.05, 3.63) is 64.2 Å². The molecule has 28 heavy (non-hydrogen) atoms. The van der Waals surface area contributed by atoms with E-state index >= 15 is 0 Å². The molecule has 0 bridgehead atoms. The maximum absolute atomic E-state index is 12.7. The van der Waals surface area contributed by atoms with Crippen LogP contribution in [-0.4, -0.2) is 61.7 Å². The van der Waals surface area contributed by atoms with Crippen LogP contribution in [0.1, 0.15) is 10.4 Å². The number of anilines is 1. The second-order valence-corrected chi connectivity index (χ2v) is 8.40. The molecule has 0 saturated carbocycles. The summed E-state index contributed by atoms with van der Waals surface area (Å²) in [6.07, 6.45) is 0. The average molecular weight is 404 g/mol. The van der Waals surface area contributed by atoms with Gasteiger partial charge in [-0.2, -0.15) is 4.31 Å². The normalized spacial score (nSPS) is 15.9. The van der Waals surface area contributed by atoms with Crippen molar-refractivity contribution in [1.29, 1.82) is 0 Å². The first-order valence-electron chi connectivity index (χ1n) is 8.62. The van der Waals surface area contributed by atoms with E-state index in [2.05, 4.69) is 10.2 Å². The summed E-state index contributed by atoms with van der Waals surface area (Å²) >= 11 is 0. The van der Waals surface area contributed by atoms with E-state index in [4.69, 9.17) is 0 Å². The molecule has 0 radical (unpaired) electrons. The van der Waals surface area contributed by atoms with Gasteiger partial charge in [0.1, 0.15) is 5.56 Å². The van der Waals surface area contributed by atoms with Gasteiger partial charge >= 0.3 is 0 Å². The van der Waals surface area contributed by atoms with Gasteiger partial charge in [-0.15, -0.1) is 0 Å². The fraction of sp³-hybridized carbons (Fsp3) is 0.278. The summed E-state index contributed by atoms with van der Waals surface area (Å²) in [7, 11) is -1.65. The van der Waals surface area contributed by atoms with Crippen LogP contribution in [0.4, 0.5) is 11.4 Å². The molecular formula is C18H20N4O5S. The molecular weight excluding hydrogens is 384 g/mol. The number of nitro groups is 1. The second-order valence-electron chi connectivity index (χ2n) is 6.46. The highest BCUT2D eigenvalue weighted by Gasteiger charge is 2.27. The smallest absolute Gasteiger partial charge is 0.282 e. The molecule has 1 aliphatic heterocycles. The highest BCUT2D eigenvalue weighted by Crippen LogP contribution is 2.22. The average Bonchev–Trinajstić information content (AvgIpc) is 2.68. The van der Waals surface area contributed by atoms with E-state index in [0.29, 0.717) is 31.9 Å². The SMILES string of the molecule is CN1CCN(S(=O)(=O)c2ccc(NC(=O)c3ccccc3[N+](=O)[O-])cc2)CC1. The summed E-state index contributed by atoms with van der Waals surface area (Å²) in [5.41, 5.74) is -0.0172. The minimum atomic E-state index is -3.60. The molecule has 0 aromatic heterocycles. The Kier molecular flexibility index (Phi) is 5.73. The molecule has 3 rings (SSSR count). The van der Waals surface area contributed by atoms with Crippen LogP contribution in [0.15, 0.2) is 53.4 Å². The van der Waals surface area contributed by atoms with Crippen LogP contribution in [0.3, 0.4) is 0 Å². The van der Waals surface area contributed by atoms with E-state index in [1.54, 1.807) is 0 Å². The fourth-order valence-corrected chi connectivity index (χ4v) is 4.33. The molecule has 1 fully saturated rings. The molecule has 0 spiro atoms. The van der Waals surface area contributed by atoms with Gasteiger partial charge < -0.3 is 10.2 Å². The number of carbonyl (C=O) groups excluding carboxylic acids is 1. The van der Waals surface area contributed by atoms with Crippen molar-refractivity contribution in [3.63, 3.8) is 0 Å². The van der Waals surface area contributed by atoms with Crippen molar-refractivity contribution in [2.24, 2.45) is 0 Å². The van der Waals surface area contributed by atoms with Gasteiger partial charge in [0.2, 0.25) is 10.0 Å². The molecule has 0 aliphatic carbocycles. The van der Waals surface area contributed by atoms with Gasteiger partial charge in [-0.3, -0.25) is 14.9 Å². The first-order chi connectivity index (χ1) is 13.3. The van der Waals surface area contributed by atoms with Gasteiger partial charge in [-0.25, -0.2) is 8.42 Å². The minimum absolute atomic E-state index is 0.0679. The lowest BCUT2D eigenvalue weighted by Gasteiger charge is -2.31. The predicted molar refractivity (Wildman–Crippen MR) is 104 cm³/mol. The molecule has 1 aliphatic rings. The number of nitrogens with one attached hydrogen (secondary N) is 1. The molecule has 1 amide bonds. The molecule has 1 heterocycles. The number of benzene rings is 2. The molecule has 0 atom stereocenters. The van der Waals surface area contributed by atoms with Crippen molar-refractivity contribution < 1.29 is 18.1 Å². The monoisotopic (exact) mass is 404 g/mol. The highest BCUT2D eigenvalue weighted by molar-refractivity contribution is 7.89. The van der Waals surface area contributed by atoms with Crippen LogP contribution < -0.4 is 5.32 Å². The van der Waals surface area contributed by atoms with Gasteiger partial charge in [-0.05, 0) is 37.4 Å². The summed E-state index contributed by atoms with van der Waals surface area (Å²) in [5.74, 6) is -0.637. The quantitative estimate of drug-likeness (QED) is 0.600. The van der Waals surface area contributed by atoms with Crippen LogP contribution in [0.25, 0.3) is 0 Å². The molecule has 1 saturated heterocycles. The zero-order chi connectivity index (χ0) is 20.3. The Morgan fingerprint density at radius 2 is 1.64 bits per heavy atom. The first-order valence-corrected chi connectivity index (χ1v) is 10.1. The molecule has 1 N–H and O–H groups in total. The second kappa shape index (κ2) is 8.05. The van der Waals surface area contributed by atoms with Gasteiger partial charge in [0, 0.05) is 37.9 Å². The minimum Gasteiger partial charge on any atom is -0.322 e. The van der Waals surface area contributed by atoms with Gasteiger partial charge in [-0.1, -0.05) is 12.1 Å². The highest BCUT2D eigenvalue weighted by atomic mass is 32.2. The van der Waals surface area contributed by atoms with E-state index < -0.39 is 20.9 Å². The van der Waals surface area contributed by atoms with Crippen LogP contribution >= 0.6 is 0 Å². The summed E-state index contributed by atoms with van der Waals surface area (Å²) in [5, 5.41) is 13.6. The molecule has 148 valence electrons. The largest absolute Gasteiger partial charge is 0.322 e. The number of nitro benzene ring substituents is 1. The van der Waals surface area contributed by atoms with Crippen molar-refractivity contribution in [3.8, 4) is 0 Å². The van der Waals surface area contributed by atoms with Crippen molar-refractivity contribution in [1.82, 2.24) is 9.21 Å². The Labute approximate surface area is 162 Å². The number of likely N-dealkylation sites (N-methyl/N-ethyl adjacent to an activating group) is 1. The van der Waals surface area contributed by atoms with E-state index in [0.717, 1.165) is 0 Å². The number of sulfonamides is 1. The first kappa shape index (κ1) is 19.9. The third-order valence-electron chi connectivity index (χ3n) is 4.56. The Morgan fingerprint density at radius 1 is 1.04 bits per heavy atom. The molecule has 2 aromatic rings. The number of para-hydroxylation sites is 1. The lowest BCUT2D eigenvalue weighted by atomic mass is 10.1. The number of nitrogens with zero attached hydrogens (tertiary/aromatic N) is 3. The van der Waals surface area contributed by atoms with Crippen LogP contribution in [0.2, 0.25) is 0 Å². The Bertz CT molecular complexity index is 983. The lowest BCUT2D eigenvalue weighted by molar-refractivity contribution is -0.385. The number of hydrogen-bond donors (Lipinski definition) is 1. The van der Waals surface area contributed by atoms with E-state index in [1.807, 2.05) is 7.05 Å². The van der Waals surface area contributed by atoms with Crippen molar-refractivity contribution in [2.45, 2.75) is 4.90 Å². The fourth-order valence-electron chi connectivity index (χ4n) is 2.91. The third kappa shape index (κ3) is 4.19. The van der Waals surface area contributed by atoms with Gasteiger partial charge in [0.25, 0.3) is 11.6 Å². The van der Waals surface area contributed by atoms with E-state index in [-0.39, 0.29) is 16.1 Å². The molecule has 9 nitrogen and oxygen atoms in total. The zero-order valence-corrected chi connectivity index (χ0v) is 16.1. The maximum atomic E-state index is 12.7. The molecule has 0 unspecified atom stereocenters. The standard InChI is InChI=1S/C18H20N4O5S/c1-20-10-12-21(13-11-20)28(26,27)15-8-6-14(7-9-15)19-18(23)16-4-2-3-5-17(16)22(24)25/h2-9H,10-13H2,1H3,(H,19,23).